The Kier molecular flexibility index (Phi) is 4.77. The zero-order valence-corrected chi connectivity index (χ0v) is 15.4. The van der Waals surface area contributed by atoms with Gasteiger partial charge in [0.1, 0.15) is 11.6 Å². The van der Waals surface area contributed by atoms with Crippen LogP contribution in [0.3, 0.4) is 0 Å². The zero-order valence-electron chi connectivity index (χ0n) is 15.4. The van der Waals surface area contributed by atoms with E-state index in [0.717, 1.165) is 27.8 Å². The molecule has 0 spiro atoms. The van der Waals surface area contributed by atoms with E-state index in [0.29, 0.717) is 30.6 Å². The van der Waals surface area contributed by atoms with E-state index in [4.69, 9.17) is 4.74 Å². The van der Waals surface area contributed by atoms with Gasteiger partial charge in [-0.1, -0.05) is 48.0 Å². The topological polar surface area (TPSA) is 9.23 Å². The summed E-state index contributed by atoms with van der Waals surface area (Å²) in [5.41, 5.74) is 4.94. The maximum Gasteiger partial charge on any atom is 0.425 e. The molecule has 2 aromatic rings. The Morgan fingerprint density at radius 2 is 1.64 bits per heavy atom. The number of halogens is 4. The van der Waals surface area contributed by atoms with Crippen LogP contribution in [0, 0.1) is 12.7 Å². The van der Waals surface area contributed by atoms with E-state index in [2.05, 4.69) is 0 Å². The number of ether oxygens (including phenoxy) is 1. The normalized spacial score (nSPS) is 19.8. The molecule has 0 fully saturated rings. The van der Waals surface area contributed by atoms with E-state index in [9.17, 15) is 17.6 Å². The van der Waals surface area contributed by atoms with Crippen LogP contribution in [0.5, 0.6) is 0 Å². The van der Waals surface area contributed by atoms with E-state index in [1.807, 2.05) is 37.3 Å². The summed E-state index contributed by atoms with van der Waals surface area (Å²) in [6.45, 7) is 2.00. The van der Waals surface area contributed by atoms with Crippen LogP contribution in [0.2, 0.25) is 0 Å². The summed E-state index contributed by atoms with van der Waals surface area (Å²) in [4.78, 5) is 0. The molecule has 5 heteroatoms. The Bertz CT molecular complexity index is 952. The molecule has 2 aliphatic rings. The van der Waals surface area contributed by atoms with E-state index in [1.165, 1.54) is 6.07 Å². The molecule has 0 bridgehead atoms. The number of allylic oxidation sites excluding steroid dienone is 4. The van der Waals surface area contributed by atoms with Crippen molar-refractivity contribution in [1.82, 2.24) is 0 Å². The van der Waals surface area contributed by atoms with Gasteiger partial charge in [0.05, 0.1) is 0 Å². The number of aryl methyl sites for hydroxylation is 1. The highest BCUT2D eigenvalue weighted by Gasteiger charge is 2.44. The average molecular weight is 388 g/mol. The third kappa shape index (κ3) is 3.71. The zero-order chi connectivity index (χ0) is 19.9. The fourth-order valence-electron chi connectivity index (χ4n) is 3.78. The van der Waals surface area contributed by atoms with Crippen LogP contribution in [0.25, 0.3) is 16.7 Å². The largest absolute Gasteiger partial charge is 0.485 e. The summed E-state index contributed by atoms with van der Waals surface area (Å²) in [5, 5.41) is 0. The van der Waals surface area contributed by atoms with Crippen LogP contribution in [0.15, 0.2) is 59.9 Å². The summed E-state index contributed by atoms with van der Waals surface area (Å²) in [7, 11) is 0. The Morgan fingerprint density at radius 1 is 0.929 bits per heavy atom. The quantitative estimate of drug-likeness (QED) is 0.505. The SMILES string of the molecule is Cc1ccc(-c2ccc(C3=CC4=C(CC3)OC(C(F)(F)F)CC4)c(F)c2)cc1. The summed E-state index contributed by atoms with van der Waals surface area (Å²) in [5.74, 6) is 0.0762. The van der Waals surface area contributed by atoms with Crippen molar-refractivity contribution in [3.63, 3.8) is 0 Å². The molecule has 2 aromatic carbocycles. The van der Waals surface area contributed by atoms with Crippen molar-refractivity contribution in [3.05, 3.63) is 76.8 Å². The lowest BCUT2D eigenvalue weighted by Crippen LogP contribution is -2.34. The third-order valence-corrected chi connectivity index (χ3v) is 5.35. The lowest BCUT2D eigenvalue weighted by molar-refractivity contribution is -0.214. The number of rotatable bonds is 2. The molecular formula is C23H20F4O. The van der Waals surface area contributed by atoms with Crippen LogP contribution in [0.4, 0.5) is 17.6 Å². The lowest BCUT2D eigenvalue weighted by atomic mass is 9.88. The molecular weight excluding hydrogens is 368 g/mol. The monoisotopic (exact) mass is 388 g/mol. The molecule has 0 aromatic heterocycles. The van der Waals surface area contributed by atoms with Gasteiger partial charge in [0.25, 0.3) is 0 Å². The molecule has 0 N–H and O–H groups in total. The second-order valence-corrected chi connectivity index (χ2v) is 7.37. The van der Waals surface area contributed by atoms with Gasteiger partial charge in [-0.25, -0.2) is 4.39 Å². The van der Waals surface area contributed by atoms with Crippen molar-refractivity contribution in [1.29, 1.82) is 0 Å². The van der Waals surface area contributed by atoms with E-state index >= 15 is 0 Å². The molecule has 146 valence electrons. The predicted molar refractivity (Wildman–Crippen MR) is 101 cm³/mol. The van der Waals surface area contributed by atoms with Crippen LogP contribution >= 0.6 is 0 Å². The van der Waals surface area contributed by atoms with Crippen LogP contribution < -0.4 is 0 Å². The first-order valence-corrected chi connectivity index (χ1v) is 9.34. The minimum Gasteiger partial charge on any atom is -0.485 e. The maximum absolute atomic E-state index is 14.8. The molecule has 1 heterocycles. The second-order valence-electron chi connectivity index (χ2n) is 7.37. The molecule has 1 aliphatic heterocycles. The molecule has 28 heavy (non-hydrogen) atoms. The third-order valence-electron chi connectivity index (χ3n) is 5.35. The van der Waals surface area contributed by atoms with Crippen molar-refractivity contribution < 1.29 is 22.3 Å². The van der Waals surface area contributed by atoms with Crippen molar-refractivity contribution in [2.45, 2.75) is 44.9 Å². The Labute approximate surface area is 161 Å². The minimum absolute atomic E-state index is 0.0963. The molecule has 1 unspecified atom stereocenters. The fraction of sp³-hybridized carbons (Fsp3) is 0.304. The molecule has 1 nitrogen and oxygen atoms in total. The van der Waals surface area contributed by atoms with Crippen molar-refractivity contribution in [3.8, 4) is 11.1 Å². The minimum atomic E-state index is -4.35. The van der Waals surface area contributed by atoms with Gasteiger partial charge in [0.15, 0.2) is 6.10 Å². The van der Waals surface area contributed by atoms with Crippen LogP contribution in [-0.2, 0) is 4.74 Å². The van der Waals surface area contributed by atoms with Gasteiger partial charge in [-0.3, -0.25) is 0 Å². The van der Waals surface area contributed by atoms with Gasteiger partial charge >= 0.3 is 6.18 Å². The molecule has 1 aliphatic carbocycles. The lowest BCUT2D eigenvalue weighted by Gasteiger charge is -2.31. The number of hydrogen-bond acceptors (Lipinski definition) is 1. The van der Waals surface area contributed by atoms with Crippen molar-refractivity contribution >= 4 is 5.57 Å². The highest BCUT2D eigenvalue weighted by Crippen LogP contribution is 2.41. The van der Waals surface area contributed by atoms with E-state index in [1.54, 1.807) is 12.1 Å². The summed E-state index contributed by atoms with van der Waals surface area (Å²) in [6.07, 6.45) is -3.24. The van der Waals surface area contributed by atoms with Gasteiger partial charge in [-0.15, -0.1) is 0 Å². The number of benzene rings is 2. The van der Waals surface area contributed by atoms with Gasteiger partial charge in [0.2, 0.25) is 0 Å². The Hall–Kier alpha value is -2.56. The van der Waals surface area contributed by atoms with Crippen LogP contribution in [-0.4, -0.2) is 12.3 Å². The van der Waals surface area contributed by atoms with Crippen molar-refractivity contribution in [2.75, 3.05) is 0 Å². The summed E-state index contributed by atoms with van der Waals surface area (Å²) in [6, 6.07) is 13.0. The fourth-order valence-corrected chi connectivity index (χ4v) is 3.78. The van der Waals surface area contributed by atoms with Gasteiger partial charge in [0, 0.05) is 12.0 Å². The van der Waals surface area contributed by atoms with Gasteiger partial charge in [-0.05, 0) is 54.5 Å². The van der Waals surface area contributed by atoms with Gasteiger partial charge in [-0.2, -0.15) is 13.2 Å². The first-order chi connectivity index (χ1) is 13.3. The van der Waals surface area contributed by atoms with Gasteiger partial charge < -0.3 is 4.74 Å². The predicted octanol–water partition coefficient (Wildman–Crippen LogP) is 6.97. The Balaban J connectivity index is 1.59. The maximum atomic E-state index is 14.8. The molecule has 4 rings (SSSR count). The highest BCUT2D eigenvalue weighted by molar-refractivity contribution is 5.73. The van der Waals surface area contributed by atoms with Crippen LogP contribution in [0.1, 0.15) is 36.8 Å². The average Bonchev–Trinajstić information content (AvgIpc) is 2.67. The van der Waals surface area contributed by atoms with E-state index in [-0.39, 0.29) is 12.2 Å². The van der Waals surface area contributed by atoms with Crippen molar-refractivity contribution in [2.24, 2.45) is 0 Å². The molecule has 0 radical (unpaired) electrons. The molecule has 1 atom stereocenters. The molecule has 0 saturated heterocycles. The summed E-state index contributed by atoms with van der Waals surface area (Å²) < 4.78 is 58.6. The van der Waals surface area contributed by atoms with E-state index < -0.39 is 12.3 Å². The number of alkyl halides is 3. The molecule has 0 amide bonds. The smallest absolute Gasteiger partial charge is 0.425 e. The second kappa shape index (κ2) is 7.12. The summed E-state index contributed by atoms with van der Waals surface area (Å²) >= 11 is 0. The molecule has 0 saturated carbocycles. The first-order valence-electron chi connectivity index (χ1n) is 9.34. The standard InChI is InChI=1S/C23H20F4O/c1-14-2-4-15(5-3-14)16-6-9-19(20(24)13-16)17-7-10-21-18(12-17)8-11-22(28-21)23(25,26)27/h2-6,9,12-13,22H,7-8,10-11H2,1H3. The highest BCUT2D eigenvalue weighted by atomic mass is 19.4. The Morgan fingerprint density at radius 3 is 2.32 bits per heavy atom. The number of hydrogen-bond donors (Lipinski definition) is 0. The first kappa shape index (κ1) is 18.8.